The van der Waals surface area contributed by atoms with Crippen LogP contribution in [0.15, 0.2) is 29.2 Å². The van der Waals surface area contributed by atoms with Gasteiger partial charge in [-0.15, -0.1) is 0 Å². The summed E-state index contributed by atoms with van der Waals surface area (Å²) in [5.74, 6) is -0.981. The van der Waals surface area contributed by atoms with Gasteiger partial charge in [-0.05, 0) is 37.1 Å². The van der Waals surface area contributed by atoms with Gasteiger partial charge in [0.2, 0.25) is 10.0 Å². The van der Waals surface area contributed by atoms with Crippen molar-refractivity contribution >= 4 is 21.9 Å². The molecular weight excluding hydrogens is 332 g/mol. The topological polar surface area (TPSA) is 102 Å². The maximum Gasteiger partial charge on any atom is 0.338 e. The third-order valence-electron chi connectivity index (χ3n) is 3.79. The average Bonchev–Trinajstić information content (AvgIpc) is 3.05. The summed E-state index contributed by atoms with van der Waals surface area (Å²) in [6.07, 6.45) is 4.13. The number of carbonyl (C=O) groups excluding carboxylic acids is 2. The Kier molecular flexibility index (Phi) is 6.33. The van der Waals surface area contributed by atoms with Crippen LogP contribution in [0.2, 0.25) is 0 Å². The quantitative estimate of drug-likeness (QED) is 0.717. The van der Waals surface area contributed by atoms with Crippen LogP contribution in [-0.2, 0) is 19.6 Å². The van der Waals surface area contributed by atoms with Crippen molar-refractivity contribution in [2.24, 2.45) is 0 Å². The molecule has 2 N–H and O–H groups in total. The van der Waals surface area contributed by atoms with Gasteiger partial charge in [-0.1, -0.05) is 19.8 Å². The molecule has 1 aliphatic carbocycles. The minimum absolute atomic E-state index is 0.0693. The molecule has 0 aliphatic heterocycles. The highest BCUT2D eigenvalue weighted by molar-refractivity contribution is 7.89. The summed E-state index contributed by atoms with van der Waals surface area (Å²) in [5, 5.41) is 2.82. The third kappa shape index (κ3) is 5.04. The fraction of sp³-hybridized carbons (Fsp3) is 0.500. The lowest BCUT2D eigenvalue weighted by molar-refractivity contribution is -0.124. The van der Waals surface area contributed by atoms with E-state index in [1.165, 1.54) is 24.3 Å². The summed E-state index contributed by atoms with van der Waals surface area (Å²) in [7, 11) is -3.56. The van der Waals surface area contributed by atoms with E-state index in [1.54, 1.807) is 6.92 Å². The molecule has 0 saturated heterocycles. The molecule has 1 saturated carbocycles. The number of ether oxygens (including phenoxy) is 1. The van der Waals surface area contributed by atoms with Crippen LogP contribution in [0.5, 0.6) is 0 Å². The van der Waals surface area contributed by atoms with Crippen molar-refractivity contribution in [1.29, 1.82) is 0 Å². The maximum absolute atomic E-state index is 11.9. The van der Waals surface area contributed by atoms with Gasteiger partial charge in [0.05, 0.1) is 10.5 Å². The molecule has 1 amide bonds. The number of amides is 1. The van der Waals surface area contributed by atoms with Crippen molar-refractivity contribution < 1.29 is 22.7 Å². The van der Waals surface area contributed by atoms with Crippen molar-refractivity contribution in [3.8, 4) is 0 Å². The monoisotopic (exact) mass is 354 g/mol. The fourth-order valence-corrected chi connectivity index (χ4v) is 3.64. The van der Waals surface area contributed by atoms with Gasteiger partial charge in [-0.25, -0.2) is 17.9 Å². The lowest BCUT2D eigenvalue weighted by Crippen LogP contribution is -2.35. The van der Waals surface area contributed by atoms with Crippen molar-refractivity contribution in [3.63, 3.8) is 0 Å². The van der Waals surface area contributed by atoms with E-state index in [1.807, 2.05) is 0 Å². The van der Waals surface area contributed by atoms with E-state index in [9.17, 15) is 18.0 Å². The molecule has 0 radical (unpaired) electrons. The van der Waals surface area contributed by atoms with Crippen LogP contribution in [0.4, 0.5) is 0 Å². The largest absolute Gasteiger partial charge is 0.452 e. The zero-order chi connectivity index (χ0) is 17.6. The van der Waals surface area contributed by atoms with Gasteiger partial charge in [-0.2, -0.15) is 0 Å². The van der Waals surface area contributed by atoms with Crippen molar-refractivity contribution in [2.75, 3.05) is 13.2 Å². The van der Waals surface area contributed by atoms with Crippen molar-refractivity contribution in [1.82, 2.24) is 10.0 Å². The first kappa shape index (κ1) is 18.4. The van der Waals surface area contributed by atoms with Crippen LogP contribution in [0.3, 0.4) is 0 Å². The molecular formula is C16H22N2O5S. The molecule has 0 spiro atoms. The molecule has 7 nitrogen and oxygen atoms in total. The molecule has 1 aromatic rings. The number of carbonyl (C=O) groups is 2. The van der Waals surface area contributed by atoms with Gasteiger partial charge in [0.1, 0.15) is 0 Å². The lowest BCUT2D eigenvalue weighted by atomic mass is 10.2. The molecule has 0 atom stereocenters. The van der Waals surface area contributed by atoms with E-state index in [2.05, 4.69) is 10.0 Å². The third-order valence-corrected chi connectivity index (χ3v) is 5.35. The minimum atomic E-state index is -3.56. The van der Waals surface area contributed by atoms with Crippen LogP contribution >= 0.6 is 0 Å². The summed E-state index contributed by atoms with van der Waals surface area (Å²) >= 11 is 0. The van der Waals surface area contributed by atoms with E-state index < -0.39 is 16.0 Å². The molecule has 0 heterocycles. The van der Waals surface area contributed by atoms with E-state index in [0.717, 1.165) is 25.7 Å². The summed E-state index contributed by atoms with van der Waals surface area (Å²) in [4.78, 5) is 23.7. The predicted octanol–water partition coefficient (Wildman–Crippen LogP) is 1.20. The van der Waals surface area contributed by atoms with Gasteiger partial charge < -0.3 is 10.1 Å². The number of esters is 1. The fourth-order valence-electron chi connectivity index (χ4n) is 2.60. The van der Waals surface area contributed by atoms with Crippen LogP contribution in [0.25, 0.3) is 0 Å². The number of hydrogen-bond acceptors (Lipinski definition) is 5. The zero-order valence-corrected chi connectivity index (χ0v) is 14.4. The SMILES string of the molecule is CCNS(=O)(=O)c1ccc(C(=O)OCC(=O)NC2CCCC2)cc1. The molecule has 132 valence electrons. The minimum Gasteiger partial charge on any atom is -0.452 e. The Morgan fingerprint density at radius 3 is 2.38 bits per heavy atom. The predicted molar refractivity (Wildman–Crippen MR) is 88.0 cm³/mol. The van der Waals surface area contributed by atoms with Gasteiger partial charge in [0.15, 0.2) is 6.61 Å². The number of benzene rings is 1. The second kappa shape index (κ2) is 8.25. The highest BCUT2D eigenvalue weighted by atomic mass is 32.2. The highest BCUT2D eigenvalue weighted by Crippen LogP contribution is 2.17. The van der Waals surface area contributed by atoms with Crippen molar-refractivity contribution in [2.45, 2.75) is 43.5 Å². The molecule has 1 fully saturated rings. The molecule has 8 heteroatoms. The molecule has 0 unspecified atom stereocenters. The Morgan fingerprint density at radius 2 is 1.79 bits per heavy atom. The molecule has 24 heavy (non-hydrogen) atoms. The maximum atomic E-state index is 11.9. The average molecular weight is 354 g/mol. The summed E-state index contributed by atoms with van der Waals surface area (Å²) in [6.45, 7) is 1.62. The molecule has 1 aromatic carbocycles. The van der Waals surface area contributed by atoms with Crippen LogP contribution in [0, 0.1) is 0 Å². The first-order valence-corrected chi connectivity index (χ1v) is 9.47. The van der Waals surface area contributed by atoms with Crippen LogP contribution in [-0.4, -0.2) is 39.5 Å². The number of hydrogen-bond donors (Lipinski definition) is 2. The molecule has 0 bridgehead atoms. The smallest absolute Gasteiger partial charge is 0.338 e. The van der Waals surface area contributed by atoms with E-state index in [4.69, 9.17) is 4.74 Å². The van der Waals surface area contributed by atoms with Crippen molar-refractivity contribution in [3.05, 3.63) is 29.8 Å². The first-order chi connectivity index (χ1) is 11.4. The van der Waals surface area contributed by atoms with Crippen LogP contribution in [0.1, 0.15) is 43.0 Å². The van der Waals surface area contributed by atoms with Gasteiger partial charge in [0.25, 0.3) is 5.91 Å². The zero-order valence-electron chi connectivity index (χ0n) is 13.6. The summed E-state index contributed by atoms with van der Waals surface area (Å²) < 4.78 is 30.9. The van der Waals surface area contributed by atoms with E-state index in [0.29, 0.717) is 0 Å². The second-order valence-corrected chi connectivity index (χ2v) is 7.42. The number of sulfonamides is 1. The number of rotatable bonds is 7. The Bertz CT molecular complexity index is 679. The second-order valence-electron chi connectivity index (χ2n) is 5.65. The normalized spacial score (nSPS) is 15.2. The van der Waals surface area contributed by atoms with Crippen LogP contribution < -0.4 is 10.0 Å². The Morgan fingerprint density at radius 1 is 1.17 bits per heavy atom. The summed E-state index contributed by atoms with van der Waals surface area (Å²) in [6, 6.07) is 5.55. The number of nitrogens with one attached hydrogen (secondary N) is 2. The van der Waals surface area contributed by atoms with Gasteiger partial charge in [0, 0.05) is 12.6 Å². The lowest BCUT2D eigenvalue weighted by Gasteiger charge is -2.12. The molecule has 1 aliphatic rings. The Hall–Kier alpha value is -1.93. The molecule has 0 aromatic heterocycles. The van der Waals surface area contributed by atoms with Gasteiger partial charge >= 0.3 is 5.97 Å². The van der Waals surface area contributed by atoms with E-state index >= 15 is 0 Å². The first-order valence-electron chi connectivity index (χ1n) is 7.98. The Labute approximate surface area is 141 Å². The Balaban J connectivity index is 1.87. The molecule has 2 rings (SSSR count). The van der Waals surface area contributed by atoms with Gasteiger partial charge in [-0.3, -0.25) is 4.79 Å². The van der Waals surface area contributed by atoms with E-state index in [-0.39, 0.29) is 35.6 Å². The standard InChI is InChI=1S/C16H22N2O5S/c1-2-17-24(21,22)14-9-7-12(8-10-14)16(20)23-11-15(19)18-13-5-3-4-6-13/h7-10,13,17H,2-6,11H2,1H3,(H,18,19). The highest BCUT2D eigenvalue weighted by Gasteiger charge is 2.18. The summed E-state index contributed by atoms with van der Waals surface area (Å²) in [5.41, 5.74) is 0.194.